The molecule has 1 aromatic heterocycles. The average molecular weight is 306 g/mol. The van der Waals surface area contributed by atoms with Crippen LogP contribution in [0.25, 0.3) is 0 Å². The second-order valence-electron chi connectivity index (χ2n) is 4.05. The van der Waals surface area contributed by atoms with Crippen molar-refractivity contribution in [1.82, 2.24) is 15.5 Å². The van der Waals surface area contributed by atoms with Crippen molar-refractivity contribution in [2.24, 2.45) is 0 Å². The first-order chi connectivity index (χ1) is 8.48. The molecule has 2 heterocycles. The van der Waals surface area contributed by atoms with E-state index in [0.29, 0.717) is 16.7 Å². The highest BCUT2D eigenvalue weighted by atomic mass is 32.2. The molecule has 0 bridgehead atoms. The van der Waals surface area contributed by atoms with Gasteiger partial charge in [-0.05, 0) is 25.1 Å². The van der Waals surface area contributed by atoms with Crippen LogP contribution < -0.4 is 10.6 Å². The van der Waals surface area contributed by atoms with Crippen LogP contribution in [0.2, 0.25) is 0 Å². The summed E-state index contributed by atoms with van der Waals surface area (Å²) in [5.74, 6) is 0.372. The Morgan fingerprint density at radius 1 is 1.56 bits per heavy atom. The van der Waals surface area contributed by atoms with Gasteiger partial charge in [0.2, 0.25) is 5.13 Å². The Hall–Kier alpha value is -0.800. The number of aromatic nitrogens is 2. The Morgan fingerprint density at radius 2 is 2.33 bits per heavy atom. The zero-order chi connectivity index (χ0) is 13.2. The maximum atomic E-state index is 11.3. The Labute approximate surface area is 115 Å². The first-order valence-electron chi connectivity index (χ1n) is 5.59. The van der Waals surface area contributed by atoms with E-state index >= 15 is 0 Å². The molecule has 2 rings (SSSR count). The average Bonchev–Trinajstić information content (AvgIpc) is 2.85. The molecule has 1 aliphatic heterocycles. The Balaban J connectivity index is 1.86. The summed E-state index contributed by atoms with van der Waals surface area (Å²) in [6.45, 7) is 2.00. The predicted molar refractivity (Wildman–Crippen MR) is 75.7 cm³/mol. The molecule has 6 nitrogen and oxygen atoms in total. The minimum Gasteiger partial charge on any atom is -0.359 e. The highest BCUT2D eigenvalue weighted by Gasteiger charge is 2.28. The van der Waals surface area contributed by atoms with Crippen molar-refractivity contribution >= 4 is 43.6 Å². The second-order valence-corrected chi connectivity index (χ2v) is 7.75. The van der Waals surface area contributed by atoms with Crippen LogP contribution >= 0.6 is 23.6 Å². The number of anilines is 1. The molecular weight excluding hydrogens is 292 g/mol. The Bertz CT molecular complexity index is 540. The quantitative estimate of drug-likeness (QED) is 0.790. The summed E-state index contributed by atoms with van der Waals surface area (Å²) < 4.78 is 22.6. The van der Waals surface area contributed by atoms with Crippen molar-refractivity contribution in [3.63, 3.8) is 0 Å². The number of nitrogens with one attached hydrogen (secondary N) is 2. The highest BCUT2D eigenvalue weighted by molar-refractivity contribution is 7.91. The van der Waals surface area contributed by atoms with Crippen LogP contribution in [0.15, 0.2) is 0 Å². The van der Waals surface area contributed by atoms with Gasteiger partial charge in [0.05, 0.1) is 11.5 Å². The van der Waals surface area contributed by atoms with Gasteiger partial charge in [0.1, 0.15) is 5.01 Å². The maximum absolute atomic E-state index is 11.3. The summed E-state index contributed by atoms with van der Waals surface area (Å²) >= 11 is 6.55. The number of rotatable bonds is 3. The second kappa shape index (κ2) is 5.45. The third kappa shape index (κ3) is 3.59. The molecule has 18 heavy (non-hydrogen) atoms. The third-order valence-corrected chi connectivity index (χ3v) is 5.53. The maximum Gasteiger partial charge on any atom is 0.211 e. The molecule has 0 spiro atoms. The zero-order valence-corrected chi connectivity index (χ0v) is 12.3. The lowest BCUT2D eigenvalue weighted by molar-refractivity contribution is 0.600. The van der Waals surface area contributed by atoms with E-state index in [9.17, 15) is 8.42 Å². The zero-order valence-electron chi connectivity index (χ0n) is 9.84. The van der Waals surface area contributed by atoms with Crippen molar-refractivity contribution < 1.29 is 8.42 Å². The summed E-state index contributed by atoms with van der Waals surface area (Å²) in [5, 5.41) is 15.8. The molecule has 1 aromatic rings. The summed E-state index contributed by atoms with van der Waals surface area (Å²) in [5.41, 5.74) is 0. The molecule has 0 saturated carbocycles. The number of hydrogen-bond donors (Lipinski definition) is 2. The molecule has 0 amide bonds. The monoisotopic (exact) mass is 306 g/mol. The van der Waals surface area contributed by atoms with Gasteiger partial charge in [0.25, 0.3) is 0 Å². The molecule has 1 saturated heterocycles. The smallest absolute Gasteiger partial charge is 0.211 e. The third-order valence-electron chi connectivity index (χ3n) is 2.56. The summed E-state index contributed by atoms with van der Waals surface area (Å²) in [6, 6.07) is -0.103. The van der Waals surface area contributed by atoms with Crippen LogP contribution in [0.5, 0.6) is 0 Å². The number of aryl methyl sites for hydroxylation is 1. The minimum atomic E-state index is -2.89. The molecule has 0 aliphatic carbocycles. The predicted octanol–water partition coefficient (Wildman–Crippen LogP) is 0.574. The van der Waals surface area contributed by atoms with Crippen LogP contribution in [-0.2, 0) is 16.3 Å². The largest absolute Gasteiger partial charge is 0.359 e. The lowest BCUT2D eigenvalue weighted by Gasteiger charge is -2.12. The van der Waals surface area contributed by atoms with E-state index < -0.39 is 9.84 Å². The molecule has 0 aromatic carbocycles. The minimum absolute atomic E-state index is 0.103. The molecule has 9 heteroatoms. The Kier molecular flexibility index (Phi) is 4.13. The van der Waals surface area contributed by atoms with Crippen LogP contribution in [0.3, 0.4) is 0 Å². The Morgan fingerprint density at radius 3 is 2.89 bits per heavy atom. The van der Waals surface area contributed by atoms with E-state index in [2.05, 4.69) is 20.8 Å². The van der Waals surface area contributed by atoms with Crippen molar-refractivity contribution in [3.05, 3.63) is 5.01 Å². The van der Waals surface area contributed by atoms with E-state index in [1.165, 1.54) is 11.3 Å². The topological polar surface area (TPSA) is 84.0 Å². The van der Waals surface area contributed by atoms with Gasteiger partial charge in [-0.15, -0.1) is 10.2 Å². The van der Waals surface area contributed by atoms with Crippen LogP contribution in [0.4, 0.5) is 5.13 Å². The van der Waals surface area contributed by atoms with Crippen LogP contribution in [0, 0.1) is 0 Å². The van der Waals surface area contributed by atoms with Gasteiger partial charge < -0.3 is 10.6 Å². The van der Waals surface area contributed by atoms with Gasteiger partial charge in [-0.1, -0.05) is 18.3 Å². The molecule has 0 radical (unpaired) electrons. The van der Waals surface area contributed by atoms with Crippen molar-refractivity contribution in [2.45, 2.75) is 25.8 Å². The fourth-order valence-corrected chi connectivity index (χ4v) is 4.36. The summed E-state index contributed by atoms with van der Waals surface area (Å²) in [6.07, 6.45) is 1.43. The van der Waals surface area contributed by atoms with Gasteiger partial charge in [-0.25, -0.2) is 8.42 Å². The van der Waals surface area contributed by atoms with Gasteiger partial charge >= 0.3 is 0 Å². The van der Waals surface area contributed by atoms with E-state index in [0.717, 1.165) is 11.4 Å². The van der Waals surface area contributed by atoms with Gasteiger partial charge in [0.15, 0.2) is 14.9 Å². The van der Waals surface area contributed by atoms with Gasteiger partial charge in [-0.3, -0.25) is 0 Å². The number of nitrogens with zero attached hydrogens (tertiary/aromatic N) is 2. The molecule has 100 valence electrons. The molecule has 1 fully saturated rings. The lowest BCUT2D eigenvalue weighted by Crippen LogP contribution is -2.38. The molecule has 2 N–H and O–H groups in total. The van der Waals surface area contributed by atoms with E-state index in [1.54, 1.807) is 0 Å². The number of thiocarbonyl (C=S) groups is 1. The van der Waals surface area contributed by atoms with E-state index in [4.69, 9.17) is 12.2 Å². The fourth-order valence-electron chi connectivity index (χ4n) is 1.67. The first-order valence-corrected chi connectivity index (χ1v) is 8.63. The van der Waals surface area contributed by atoms with Gasteiger partial charge in [-0.2, -0.15) is 0 Å². The standard InChI is InChI=1S/C9H14N4O2S3/c1-2-7-12-13-9(17-7)11-8(16)10-6-3-4-18(14,15)5-6/h6H,2-5H2,1H3,(H2,10,11,13,16)/t6-/m1/s1. The molecule has 0 unspecified atom stereocenters. The van der Waals surface area contributed by atoms with E-state index in [1.807, 2.05) is 6.92 Å². The number of hydrogen-bond acceptors (Lipinski definition) is 6. The lowest BCUT2D eigenvalue weighted by atomic mass is 10.3. The fraction of sp³-hybridized carbons (Fsp3) is 0.667. The van der Waals surface area contributed by atoms with Crippen LogP contribution in [-0.4, -0.2) is 41.3 Å². The molecular formula is C9H14N4O2S3. The van der Waals surface area contributed by atoms with Crippen molar-refractivity contribution in [1.29, 1.82) is 0 Å². The van der Waals surface area contributed by atoms with Crippen molar-refractivity contribution in [3.8, 4) is 0 Å². The van der Waals surface area contributed by atoms with Gasteiger partial charge in [0, 0.05) is 6.04 Å². The summed E-state index contributed by atoms with van der Waals surface area (Å²) in [7, 11) is -2.89. The van der Waals surface area contributed by atoms with E-state index in [-0.39, 0.29) is 17.5 Å². The normalized spacial score (nSPS) is 21.7. The molecule has 1 aliphatic rings. The van der Waals surface area contributed by atoms with Crippen molar-refractivity contribution in [2.75, 3.05) is 16.8 Å². The van der Waals surface area contributed by atoms with Crippen LogP contribution in [0.1, 0.15) is 18.4 Å². The molecule has 1 atom stereocenters. The highest BCUT2D eigenvalue weighted by Crippen LogP contribution is 2.16. The SMILES string of the molecule is CCc1nnc(NC(=S)N[C@@H]2CCS(=O)(=O)C2)s1. The first kappa shape index (κ1) is 13.6. The summed E-state index contributed by atoms with van der Waals surface area (Å²) in [4.78, 5) is 0. The number of sulfone groups is 1.